The third kappa shape index (κ3) is 8.05. The molecule has 1 aromatic heterocycles. The SMILES string of the molecule is CCCC(NC(=O)Cc1cc(F)cc(F)c1)C(=O)Nc1ccc(C(C)CC(C)N)cn1. The fraction of sp³-hybridized carbons (Fsp3) is 0.435. The summed E-state index contributed by atoms with van der Waals surface area (Å²) in [4.78, 5) is 29.3. The lowest BCUT2D eigenvalue weighted by Crippen LogP contribution is -2.44. The molecule has 31 heavy (non-hydrogen) atoms. The molecule has 6 nitrogen and oxygen atoms in total. The average Bonchev–Trinajstić information content (AvgIpc) is 2.66. The average molecular weight is 433 g/mol. The lowest BCUT2D eigenvalue weighted by atomic mass is 9.96. The van der Waals surface area contributed by atoms with E-state index in [-0.39, 0.29) is 23.9 Å². The van der Waals surface area contributed by atoms with Crippen molar-refractivity contribution in [3.63, 3.8) is 0 Å². The Labute approximate surface area is 181 Å². The molecule has 0 aliphatic carbocycles. The normalized spacial score (nSPS) is 13.9. The first kappa shape index (κ1) is 24.4. The van der Waals surface area contributed by atoms with Crippen molar-refractivity contribution in [3.05, 3.63) is 59.3 Å². The number of nitrogens with two attached hydrogens (primary N) is 1. The Bertz CT molecular complexity index is 867. The van der Waals surface area contributed by atoms with E-state index in [2.05, 4.69) is 22.5 Å². The largest absolute Gasteiger partial charge is 0.344 e. The number of benzene rings is 1. The zero-order chi connectivity index (χ0) is 23.0. The number of nitrogens with zero attached hydrogens (tertiary/aromatic N) is 1. The molecule has 2 amide bonds. The van der Waals surface area contributed by atoms with Crippen LogP contribution in [0.4, 0.5) is 14.6 Å². The summed E-state index contributed by atoms with van der Waals surface area (Å²) < 4.78 is 26.6. The number of anilines is 1. The Morgan fingerprint density at radius 1 is 1.13 bits per heavy atom. The van der Waals surface area contributed by atoms with Gasteiger partial charge in [-0.05, 0) is 55.0 Å². The Morgan fingerprint density at radius 2 is 1.81 bits per heavy atom. The van der Waals surface area contributed by atoms with Crippen molar-refractivity contribution >= 4 is 17.6 Å². The highest BCUT2D eigenvalue weighted by molar-refractivity contribution is 5.96. The standard InChI is InChI=1S/C23H30F2N4O2/c1-4-5-20(28-22(30)11-16-9-18(24)12-19(25)10-16)23(31)29-21-7-6-17(13-27-21)14(2)8-15(3)26/h6-7,9-10,12-15,20H,4-5,8,11,26H2,1-3H3,(H,28,30)(H,27,29,31). The number of hydrogen-bond donors (Lipinski definition) is 3. The monoisotopic (exact) mass is 432 g/mol. The van der Waals surface area contributed by atoms with Crippen LogP contribution in [-0.4, -0.2) is 28.9 Å². The van der Waals surface area contributed by atoms with E-state index >= 15 is 0 Å². The zero-order valence-electron chi connectivity index (χ0n) is 18.1. The maximum Gasteiger partial charge on any atom is 0.248 e. The number of aromatic nitrogens is 1. The number of rotatable bonds is 10. The van der Waals surface area contributed by atoms with Gasteiger partial charge in [0.2, 0.25) is 11.8 Å². The molecule has 1 heterocycles. The molecule has 0 aliphatic heterocycles. The summed E-state index contributed by atoms with van der Waals surface area (Å²) in [7, 11) is 0. The molecule has 0 saturated carbocycles. The van der Waals surface area contributed by atoms with E-state index in [1.165, 1.54) is 0 Å². The minimum Gasteiger partial charge on any atom is -0.344 e. The third-order valence-corrected chi connectivity index (χ3v) is 4.85. The highest BCUT2D eigenvalue weighted by Gasteiger charge is 2.21. The van der Waals surface area contributed by atoms with E-state index in [1.807, 2.05) is 19.9 Å². The van der Waals surface area contributed by atoms with Crippen LogP contribution in [0.25, 0.3) is 0 Å². The molecule has 0 fully saturated rings. The number of hydrogen-bond acceptors (Lipinski definition) is 4. The molecule has 1 aromatic carbocycles. The van der Waals surface area contributed by atoms with Gasteiger partial charge in [0, 0.05) is 18.3 Å². The molecule has 3 unspecified atom stereocenters. The second-order valence-electron chi connectivity index (χ2n) is 7.94. The number of amides is 2. The minimum absolute atomic E-state index is 0.0802. The number of halogens is 2. The van der Waals surface area contributed by atoms with Crippen LogP contribution in [0.3, 0.4) is 0 Å². The smallest absolute Gasteiger partial charge is 0.248 e. The summed E-state index contributed by atoms with van der Waals surface area (Å²) in [5.41, 5.74) is 7.06. The van der Waals surface area contributed by atoms with Gasteiger partial charge in [0.25, 0.3) is 0 Å². The summed E-state index contributed by atoms with van der Waals surface area (Å²) in [6.45, 7) is 5.91. The van der Waals surface area contributed by atoms with E-state index in [1.54, 1.807) is 12.3 Å². The molecule has 168 valence electrons. The van der Waals surface area contributed by atoms with Crippen LogP contribution < -0.4 is 16.4 Å². The topological polar surface area (TPSA) is 97.1 Å². The van der Waals surface area contributed by atoms with Gasteiger partial charge in [0.05, 0.1) is 6.42 Å². The molecular formula is C23H30F2N4O2. The molecule has 0 aliphatic rings. The van der Waals surface area contributed by atoms with E-state index in [0.717, 1.165) is 30.2 Å². The van der Waals surface area contributed by atoms with Gasteiger partial charge >= 0.3 is 0 Å². The van der Waals surface area contributed by atoms with Crippen molar-refractivity contribution in [3.8, 4) is 0 Å². The van der Waals surface area contributed by atoms with Crippen LogP contribution in [0.5, 0.6) is 0 Å². The maximum atomic E-state index is 13.3. The molecule has 2 rings (SSSR count). The summed E-state index contributed by atoms with van der Waals surface area (Å²) in [6.07, 6.45) is 3.38. The molecule has 3 atom stereocenters. The van der Waals surface area contributed by atoms with E-state index in [0.29, 0.717) is 18.7 Å². The molecule has 0 spiro atoms. The minimum atomic E-state index is -0.783. The molecule has 4 N–H and O–H groups in total. The highest BCUT2D eigenvalue weighted by Crippen LogP contribution is 2.20. The van der Waals surface area contributed by atoms with Crippen molar-refractivity contribution < 1.29 is 18.4 Å². The summed E-state index contributed by atoms with van der Waals surface area (Å²) in [5, 5.41) is 5.35. The van der Waals surface area contributed by atoms with Gasteiger partial charge in [-0.15, -0.1) is 0 Å². The third-order valence-electron chi connectivity index (χ3n) is 4.85. The highest BCUT2D eigenvalue weighted by atomic mass is 19.1. The van der Waals surface area contributed by atoms with Crippen LogP contribution >= 0.6 is 0 Å². The first-order valence-electron chi connectivity index (χ1n) is 10.4. The Kier molecular flexibility index (Phi) is 9.05. The van der Waals surface area contributed by atoms with Crippen molar-refractivity contribution in [2.45, 2.75) is 64.5 Å². The van der Waals surface area contributed by atoms with E-state index < -0.39 is 29.5 Å². The lowest BCUT2D eigenvalue weighted by molar-refractivity contribution is -0.126. The zero-order valence-corrected chi connectivity index (χ0v) is 18.1. The number of pyridine rings is 1. The molecule has 0 saturated heterocycles. The maximum absolute atomic E-state index is 13.3. The Morgan fingerprint density at radius 3 is 2.35 bits per heavy atom. The van der Waals surface area contributed by atoms with Crippen molar-refractivity contribution in [2.24, 2.45) is 5.73 Å². The van der Waals surface area contributed by atoms with Crippen LogP contribution in [0.15, 0.2) is 36.5 Å². The molecule has 0 radical (unpaired) electrons. The number of carbonyl (C=O) groups is 2. The summed E-state index contributed by atoms with van der Waals surface area (Å²) in [5.74, 6) is -1.77. The van der Waals surface area contributed by atoms with Crippen molar-refractivity contribution in [2.75, 3.05) is 5.32 Å². The Balaban J connectivity index is 1.98. The summed E-state index contributed by atoms with van der Waals surface area (Å²) in [6, 6.07) is 5.83. The van der Waals surface area contributed by atoms with Crippen molar-refractivity contribution in [1.82, 2.24) is 10.3 Å². The molecular weight excluding hydrogens is 402 g/mol. The van der Waals surface area contributed by atoms with Gasteiger partial charge in [0.15, 0.2) is 0 Å². The van der Waals surface area contributed by atoms with Crippen LogP contribution in [0.1, 0.15) is 57.1 Å². The fourth-order valence-electron chi connectivity index (χ4n) is 3.38. The second-order valence-corrected chi connectivity index (χ2v) is 7.94. The van der Waals surface area contributed by atoms with Crippen LogP contribution in [0, 0.1) is 11.6 Å². The predicted molar refractivity (Wildman–Crippen MR) is 116 cm³/mol. The van der Waals surface area contributed by atoms with Crippen LogP contribution in [-0.2, 0) is 16.0 Å². The molecule has 8 heteroatoms. The van der Waals surface area contributed by atoms with E-state index in [4.69, 9.17) is 5.73 Å². The Hall–Kier alpha value is -2.87. The van der Waals surface area contributed by atoms with E-state index in [9.17, 15) is 18.4 Å². The molecule has 2 aromatic rings. The second kappa shape index (κ2) is 11.5. The quantitative estimate of drug-likeness (QED) is 0.534. The first-order chi connectivity index (χ1) is 14.7. The molecule has 0 bridgehead atoms. The van der Waals surface area contributed by atoms with Gasteiger partial charge in [-0.1, -0.05) is 26.3 Å². The number of nitrogens with one attached hydrogen (secondary N) is 2. The lowest BCUT2D eigenvalue weighted by Gasteiger charge is -2.18. The van der Waals surface area contributed by atoms with Crippen molar-refractivity contribution in [1.29, 1.82) is 0 Å². The first-order valence-corrected chi connectivity index (χ1v) is 10.4. The fourth-order valence-corrected chi connectivity index (χ4v) is 3.38. The van der Waals surface area contributed by atoms with Gasteiger partial charge in [0.1, 0.15) is 23.5 Å². The van der Waals surface area contributed by atoms with Gasteiger partial charge in [-0.2, -0.15) is 0 Å². The van der Waals surface area contributed by atoms with Crippen LogP contribution in [0.2, 0.25) is 0 Å². The van der Waals surface area contributed by atoms with Gasteiger partial charge < -0.3 is 16.4 Å². The predicted octanol–water partition coefficient (Wildman–Crippen LogP) is 3.67. The summed E-state index contributed by atoms with van der Waals surface area (Å²) >= 11 is 0. The number of carbonyl (C=O) groups excluding carboxylic acids is 2. The van der Waals surface area contributed by atoms with Gasteiger partial charge in [-0.25, -0.2) is 13.8 Å². The van der Waals surface area contributed by atoms with Gasteiger partial charge in [-0.3, -0.25) is 9.59 Å².